The second-order valence-electron chi connectivity index (χ2n) is 7.85. The second-order valence-corrected chi connectivity index (χ2v) is 7.85. The van der Waals surface area contributed by atoms with Gasteiger partial charge in [-0.05, 0) is 46.0 Å². The largest absolute Gasteiger partial charge is 0.335 e. The number of likely N-dealkylation sites (tertiary alicyclic amines) is 1. The Bertz CT molecular complexity index is 1130. The Kier molecular flexibility index (Phi) is 4.52. The normalized spacial score (nSPS) is 15.8. The molecular weight excluding hydrogens is 362 g/mol. The maximum absolute atomic E-state index is 4.67. The van der Waals surface area contributed by atoms with E-state index in [1.807, 2.05) is 24.8 Å². The topological polar surface area (TPSA) is 63.3 Å². The van der Waals surface area contributed by atoms with E-state index in [4.69, 9.17) is 0 Å². The molecule has 0 spiro atoms. The van der Waals surface area contributed by atoms with Crippen LogP contribution in [-0.2, 0) is 0 Å². The number of hydrogen-bond donors (Lipinski definition) is 1. The number of anilines is 2. The number of fused-ring (bicyclic) bond motifs is 1. The third-order valence-electron chi connectivity index (χ3n) is 5.67. The predicted molar refractivity (Wildman–Crippen MR) is 114 cm³/mol. The lowest BCUT2D eigenvalue weighted by Crippen LogP contribution is -2.31. The summed E-state index contributed by atoms with van der Waals surface area (Å²) in [7, 11) is 2.17. The first-order valence-electron chi connectivity index (χ1n) is 10.1. The van der Waals surface area contributed by atoms with Gasteiger partial charge in [-0.3, -0.25) is 9.08 Å². The van der Waals surface area contributed by atoms with E-state index in [-0.39, 0.29) is 0 Å². The standard InChI is InChI=1S/C22H25N7/c1-16-4-3-5-17(12-16)20-14-24-21(22-23-8-11-28(20)22)26-18-13-25-29(15-18)19-6-9-27(2)10-7-19/h3-5,8,11-15,19H,6-7,9-10H2,1-2H3,(H,24,26). The molecule has 4 aromatic rings. The molecule has 0 amide bonds. The van der Waals surface area contributed by atoms with Gasteiger partial charge >= 0.3 is 0 Å². The molecule has 4 heterocycles. The molecule has 7 heteroatoms. The second kappa shape index (κ2) is 7.33. The quantitative estimate of drug-likeness (QED) is 0.575. The summed E-state index contributed by atoms with van der Waals surface area (Å²) in [6.07, 6.45) is 11.9. The molecule has 1 aromatic carbocycles. The Morgan fingerprint density at radius 3 is 2.79 bits per heavy atom. The SMILES string of the molecule is Cc1cccc(-c2cnc(Nc3cnn(C4CCN(C)CC4)c3)c3nccn23)c1. The van der Waals surface area contributed by atoms with Crippen molar-refractivity contribution >= 4 is 17.2 Å². The zero-order valence-corrected chi connectivity index (χ0v) is 16.8. The van der Waals surface area contributed by atoms with E-state index in [2.05, 4.69) is 78.8 Å². The van der Waals surface area contributed by atoms with Gasteiger partial charge in [0, 0.05) is 24.2 Å². The number of imidazole rings is 1. The van der Waals surface area contributed by atoms with Crippen molar-refractivity contribution in [2.75, 3.05) is 25.5 Å². The minimum Gasteiger partial charge on any atom is -0.335 e. The van der Waals surface area contributed by atoms with Crippen LogP contribution in [0.2, 0.25) is 0 Å². The summed E-state index contributed by atoms with van der Waals surface area (Å²) in [4.78, 5) is 11.6. The van der Waals surface area contributed by atoms with Crippen LogP contribution in [0, 0.1) is 6.92 Å². The highest BCUT2D eigenvalue weighted by Gasteiger charge is 2.19. The highest BCUT2D eigenvalue weighted by Crippen LogP contribution is 2.27. The summed E-state index contributed by atoms with van der Waals surface area (Å²) in [5.74, 6) is 0.731. The van der Waals surface area contributed by atoms with Gasteiger partial charge in [-0.1, -0.05) is 23.8 Å². The van der Waals surface area contributed by atoms with E-state index in [0.717, 1.165) is 54.3 Å². The molecule has 3 aromatic heterocycles. The van der Waals surface area contributed by atoms with Crippen LogP contribution >= 0.6 is 0 Å². The lowest BCUT2D eigenvalue weighted by molar-refractivity contribution is 0.212. The average molecular weight is 387 g/mol. The van der Waals surface area contributed by atoms with Crippen molar-refractivity contribution in [1.29, 1.82) is 0 Å². The Hall–Kier alpha value is -3.19. The number of piperidine rings is 1. The zero-order valence-electron chi connectivity index (χ0n) is 16.8. The van der Waals surface area contributed by atoms with E-state index in [1.54, 1.807) is 0 Å². The van der Waals surface area contributed by atoms with E-state index >= 15 is 0 Å². The van der Waals surface area contributed by atoms with Crippen molar-refractivity contribution in [3.8, 4) is 11.3 Å². The summed E-state index contributed by atoms with van der Waals surface area (Å²) < 4.78 is 4.16. The molecular formula is C22H25N7. The summed E-state index contributed by atoms with van der Waals surface area (Å²) in [5.41, 5.74) is 5.11. The number of aromatic nitrogens is 5. The maximum atomic E-state index is 4.67. The summed E-state index contributed by atoms with van der Waals surface area (Å²) >= 11 is 0. The Morgan fingerprint density at radius 1 is 1.10 bits per heavy atom. The fourth-order valence-electron chi connectivity index (χ4n) is 4.02. The first kappa shape index (κ1) is 17.9. The van der Waals surface area contributed by atoms with E-state index in [1.165, 1.54) is 5.56 Å². The van der Waals surface area contributed by atoms with Crippen LogP contribution in [0.25, 0.3) is 16.9 Å². The Balaban J connectivity index is 1.42. The van der Waals surface area contributed by atoms with Gasteiger partial charge in [-0.2, -0.15) is 5.10 Å². The Labute approximate surface area is 170 Å². The molecule has 29 heavy (non-hydrogen) atoms. The predicted octanol–water partition coefficient (Wildman–Crippen LogP) is 3.91. The lowest BCUT2D eigenvalue weighted by Gasteiger charge is -2.28. The van der Waals surface area contributed by atoms with Gasteiger partial charge in [0.1, 0.15) is 0 Å². The van der Waals surface area contributed by atoms with Crippen LogP contribution in [0.5, 0.6) is 0 Å². The Morgan fingerprint density at radius 2 is 1.97 bits per heavy atom. The summed E-state index contributed by atoms with van der Waals surface area (Å²) in [6.45, 7) is 4.33. The number of benzene rings is 1. The number of hydrogen-bond acceptors (Lipinski definition) is 5. The molecule has 0 saturated carbocycles. The zero-order chi connectivity index (χ0) is 19.8. The van der Waals surface area contributed by atoms with Crippen molar-refractivity contribution in [1.82, 2.24) is 29.0 Å². The van der Waals surface area contributed by atoms with Crippen LogP contribution in [0.4, 0.5) is 11.5 Å². The van der Waals surface area contributed by atoms with Crippen molar-refractivity contribution in [2.24, 2.45) is 0 Å². The summed E-state index contributed by atoms with van der Waals surface area (Å²) in [6, 6.07) is 8.89. The number of rotatable bonds is 4. The van der Waals surface area contributed by atoms with Crippen LogP contribution in [0.1, 0.15) is 24.4 Å². The van der Waals surface area contributed by atoms with Crippen LogP contribution in [0.3, 0.4) is 0 Å². The molecule has 0 atom stereocenters. The minimum absolute atomic E-state index is 0.463. The van der Waals surface area contributed by atoms with Crippen molar-refractivity contribution in [3.05, 3.63) is 60.8 Å². The smallest absolute Gasteiger partial charge is 0.180 e. The van der Waals surface area contributed by atoms with Gasteiger partial charge in [0.05, 0.1) is 29.8 Å². The molecule has 0 radical (unpaired) electrons. The average Bonchev–Trinajstić information content (AvgIpc) is 3.39. The van der Waals surface area contributed by atoms with Gasteiger partial charge in [-0.15, -0.1) is 0 Å². The van der Waals surface area contributed by atoms with Gasteiger partial charge < -0.3 is 10.2 Å². The maximum Gasteiger partial charge on any atom is 0.180 e. The third-order valence-corrected chi connectivity index (χ3v) is 5.67. The van der Waals surface area contributed by atoms with Crippen molar-refractivity contribution in [3.63, 3.8) is 0 Å². The van der Waals surface area contributed by atoms with Crippen LogP contribution < -0.4 is 5.32 Å². The van der Waals surface area contributed by atoms with E-state index in [9.17, 15) is 0 Å². The van der Waals surface area contributed by atoms with Gasteiger partial charge in [0.15, 0.2) is 11.5 Å². The van der Waals surface area contributed by atoms with E-state index in [0.29, 0.717) is 6.04 Å². The molecule has 1 saturated heterocycles. The molecule has 0 aliphatic carbocycles. The first-order valence-corrected chi connectivity index (χ1v) is 10.1. The van der Waals surface area contributed by atoms with Crippen molar-refractivity contribution in [2.45, 2.75) is 25.8 Å². The molecule has 148 valence electrons. The van der Waals surface area contributed by atoms with Gasteiger partial charge in [0.2, 0.25) is 0 Å². The minimum atomic E-state index is 0.463. The molecule has 1 fully saturated rings. The molecule has 1 aliphatic heterocycles. The highest BCUT2D eigenvalue weighted by atomic mass is 15.3. The number of nitrogens with one attached hydrogen (secondary N) is 1. The molecule has 7 nitrogen and oxygen atoms in total. The molecule has 5 rings (SSSR count). The third kappa shape index (κ3) is 3.49. The monoisotopic (exact) mass is 387 g/mol. The first-order chi connectivity index (χ1) is 14.2. The van der Waals surface area contributed by atoms with Crippen LogP contribution in [0.15, 0.2) is 55.2 Å². The molecule has 1 N–H and O–H groups in total. The fourth-order valence-corrected chi connectivity index (χ4v) is 4.02. The summed E-state index contributed by atoms with van der Waals surface area (Å²) in [5, 5.41) is 7.99. The van der Waals surface area contributed by atoms with E-state index < -0.39 is 0 Å². The molecule has 0 bridgehead atoms. The van der Waals surface area contributed by atoms with Gasteiger partial charge in [-0.25, -0.2) is 9.97 Å². The lowest BCUT2D eigenvalue weighted by atomic mass is 10.1. The highest BCUT2D eigenvalue weighted by molar-refractivity contribution is 5.73. The molecule has 1 aliphatic rings. The van der Waals surface area contributed by atoms with Crippen molar-refractivity contribution < 1.29 is 0 Å². The van der Waals surface area contributed by atoms with Gasteiger partial charge in [0.25, 0.3) is 0 Å². The number of aryl methyl sites for hydroxylation is 1. The van der Waals surface area contributed by atoms with Crippen LogP contribution in [-0.4, -0.2) is 49.2 Å². The molecule has 0 unspecified atom stereocenters. The fraction of sp³-hybridized carbons (Fsp3) is 0.318. The number of nitrogens with zero attached hydrogens (tertiary/aromatic N) is 6.